The maximum Gasteiger partial charge on any atom is 0.416 e. The second kappa shape index (κ2) is 7.76. The molecule has 0 aliphatic carbocycles. The summed E-state index contributed by atoms with van der Waals surface area (Å²) < 4.78 is 40.9. The lowest BCUT2D eigenvalue weighted by atomic mass is 9.77. The molecule has 1 aliphatic heterocycles. The largest absolute Gasteiger partial charge is 0.416 e. The van der Waals surface area contributed by atoms with E-state index in [0.717, 1.165) is 23.5 Å². The Labute approximate surface area is 198 Å². The molecular formula is C24H22F3N7O. The third-order valence-corrected chi connectivity index (χ3v) is 6.19. The second-order valence-electron chi connectivity index (χ2n) is 9.14. The Kier molecular flexibility index (Phi) is 5.04. The third-order valence-electron chi connectivity index (χ3n) is 6.19. The molecule has 4 aromatic rings. The predicted molar refractivity (Wildman–Crippen MR) is 123 cm³/mol. The lowest BCUT2D eigenvalue weighted by molar-refractivity contribution is -0.137. The summed E-state index contributed by atoms with van der Waals surface area (Å²) in [4.78, 5) is 31.1. The van der Waals surface area contributed by atoms with Crippen LogP contribution in [0, 0.1) is 5.92 Å². The van der Waals surface area contributed by atoms with Crippen LogP contribution in [-0.2, 0) is 22.8 Å². The number of imidazole rings is 1. The van der Waals surface area contributed by atoms with Crippen molar-refractivity contribution in [1.29, 1.82) is 0 Å². The van der Waals surface area contributed by atoms with Crippen LogP contribution in [0.1, 0.15) is 43.2 Å². The molecule has 0 saturated heterocycles. The van der Waals surface area contributed by atoms with Crippen molar-refractivity contribution in [3.8, 4) is 11.5 Å². The van der Waals surface area contributed by atoms with Crippen molar-refractivity contribution in [2.24, 2.45) is 5.92 Å². The quantitative estimate of drug-likeness (QED) is 0.451. The number of aromatic nitrogens is 5. The van der Waals surface area contributed by atoms with E-state index in [1.54, 1.807) is 25.5 Å². The maximum atomic E-state index is 13.1. The highest BCUT2D eigenvalue weighted by Crippen LogP contribution is 2.45. The summed E-state index contributed by atoms with van der Waals surface area (Å²) in [6.45, 7) is 5.75. The molecule has 3 N–H and O–H groups in total. The summed E-state index contributed by atoms with van der Waals surface area (Å²) >= 11 is 0. The number of nitrogens with one attached hydrogen (secondary N) is 1. The predicted octanol–water partition coefficient (Wildman–Crippen LogP) is 4.24. The lowest BCUT2D eigenvalue weighted by Gasteiger charge is -2.24. The highest BCUT2D eigenvalue weighted by Gasteiger charge is 2.48. The number of benzene rings is 1. The van der Waals surface area contributed by atoms with Gasteiger partial charge in [0, 0.05) is 18.6 Å². The molecule has 5 rings (SSSR count). The number of amides is 1. The summed E-state index contributed by atoms with van der Waals surface area (Å²) in [5.41, 5.74) is 6.81. The van der Waals surface area contributed by atoms with E-state index in [0.29, 0.717) is 29.2 Å². The number of rotatable bonds is 4. The minimum Gasteiger partial charge on any atom is -0.383 e. The Morgan fingerprint density at radius 3 is 2.51 bits per heavy atom. The molecule has 35 heavy (non-hydrogen) atoms. The molecule has 180 valence electrons. The first-order chi connectivity index (χ1) is 16.5. The molecule has 11 heteroatoms. The van der Waals surface area contributed by atoms with Crippen LogP contribution in [0.5, 0.6) is 0 Å². The smallest absolute Gasteiger partial charge is 0.383 e. The first kappa shape index (κ1) is 22.8. The van der Waals surface area contributed by atoms with Crippen molar-refractivity contribution >= 4 is 23.2 Å². The summed E-state index contributed by atoms with van der Waals surface area (Å²) in [5, 5.41) is 2.72. The number of carbonyl (C=O) groups excluding carboxylic acids is 1. The summed E-state index contributed by atoms with van der Waals surface area (Å²) in [6.07, 6.45) is 1.42. The minimum absolute atomic E-state index is 0.0451. The fourth-order valence-electron chi connectivity index (χ4n) is 4.42. The first-order valence-corrected chi connectivity index (χ1v) is 11.0. The van der Waals surface area contributed by atoms with Gasteiger partial charge in [0.15, 0.2) is 11.5 Å². The molecule has 0 bridgehead atoms. The number of carbonyl (C=O) groups is 1. The molecule has 1 aliphatic rings. The number of halogens is 3. The van der Waals surface area contributed by atoms with E-state index < -0.39 is 23.1 Å². The van der Waals surface area contributed by atoms with Crippen LogP contribution in [-0.4, -0.2) is 30.2 Å². The highest BCUT2D eigenvalue weighted by molar-refractivity contribution is 6.09. The number of fused-ring (bicyclic) bond motifs is 2. The topological polar surface area (TPSA) is 111 Å². The minimum atomic E-state index is -4.48. The number of alkyl halides is 3. The molecule has 0 saturated carbocycles. The maximum absolute atomic E-state index is 13.1. The van der Waals surface area contributed by atoms with E-state index in [2.05, 4.69) is 34.1 Å². The highest BCUT2D eigenvalue weighted by atomic mass is 19.4. The number of hydrogen-bond donors (Lipinski definition) is 2. The van der Waals surface area contributed by atoms with Gasteiger partial charge in [-0.15, -0.1) is 0 Å². The van der Waals surface area contributed by atoms with Crippen molar-refractivity contribution in [1.82, 2.24) is 24.3 Å². The summed E-state index contributed by atoms with van der Waals surface area (Å²) in [6, 6.07) is 4.44. The van der Waals surface area contributed by atoms with Crippen LogP contribution in [0.3, 0.4) is 0 Å². The van der Waals surface area contributed by atoms with Crippen molar-refractivity contribution in [3.63, 3.8) is 0 Å². The van der Waals surface area contributed by atoms with Gasteiger partial charge in [0.1, 0.15) is 22.7 Å². The molecule has 4 heterocycles. The third kappa shape index (κ3) is 3.67. The lowest BCUT2D eigenvalue weighted by Crippen LogP contribution is -2.33. The molecule has 0 spiro atoms. The van der Waals surface area contributed by atoms with Gasteiger partial charge >= 0.3 is 6.18 Å². The Morgan fingerprint density at radius 1 is 1.14 bits per heavy atom. The number of nitrogen functional groups attached to an aromatic ring is 1. The van der Waals surface area contributed by atoms with Gasteiger partial charge in [0.25, 0.3) is 0 Å². The van der Waals surface area contributed by atoms with Gasteiger partial charge in [0.05, 0.1) is 16.8 Å². The van der Waals surface area contributed by atoms with Crippen molar-refractivity contribution in [2.75, 3.05) is 11.1 Å². The molecule has 1 unspecified atom stereocenters. The van der Waals surface area contributed by atoms with E-state index in [1.807, 2.05) is 4.40 Å². The Hall–Kier alpha value is -4.02. The van der Waals surface area contributed by atoms with Crippen molar-refractivity contribution < 1.29 is 18.0 Å². The summed E-state index contributed by atoms with van der Waals surface area (Å²) in [5.74, 6) is 0.359. The average Bonchev–Trinajstić information content (AvgIpc) is 3.36. The Balaban J connectivity index is 1.60. The van der Waals surface area contributed by atoms with Crippen LogP contribution in [0.2, 0.25) is 0 Å². The first-order valence-electron chi connectivity index (χ1n) is 11.0. The molecule has 1 atom stereocenters. The van der Waals surface area contributed by atoms with E-state index in [1.165, 1.54) is 12.1 Å². The van der Waals surface area contributed by atoms with Crippen molar-refractivity contribution in [3.05, 3.63) is 65.2 Å². The molecule has 1 amide bonds. The van der Waals surface area contributed by atoms with E-state index >= 15 is 0 Å². The average molecular weight is 481 g/mol. The molecule has 8 nitrogen and oxygen atoms in total. The monoisotopic (exact) mass is 481 g/mol. The van der Waals surface area contributed by atoms with Gasteiger partial charge in [-0.3, -0.25) is 4.79 Å². The molecule has 0 fully saturated rings. The molecule has 3 aromatic heterocycles. The van der Waals surface area contributed by atoms with Gasteiger partial charge < -0.3 is 15.5 Å². The number of anilines is 2. The van der Waals surface area contributed by atoms with E-state index in [-0.39, 0.29) is 17.5 Å². The normalized spacial score (nSPS) is 17.7. The van der Waals surface area contributed by atoms with Gasteiger partial charge in [0.2, 0.25) is 5.91 Å². The standard InChI is InChI=1S/C24H22F3N7O/c1-12(2)10-15-21-29-8-9-34(21)11-16(30-15)19-31-18(28)17-20(32-19)33-22(35)23(17,3)13-4-6-14(7-5-13)24(25,26)27/h4-9,11-12H,10H2,1-3H3,(H3,28,31,32,33,35). The van der Waals surface area contributed by atoms with Crippen molar-refractivity contribution in [2.45, 2.75) is 38.8 Å². The van der Waals surface area contributed by atoms with Gasteiger partial charge in [-0.1, -0.05) is 26.0 Å². The van der Waals surface area contributed by atoms with Crippen LogP contribution < -0.4 is 11.1 Å². The molecule has 1 aromatic carbocycles. The van der Waals surface area contributed by atoms with Gasteiger partial charge in [-0.05, 0) is 37.0 Å². The number of nitrogens with two attached hydrogens (primary N) is 1. The SMILES string of the molecule is CC(C)Cc1nc(-c2nc(N)c3c(n2)NC(=O)C3(C)c2ccc(C(F)(F)F)cc2)cn2ccnc12. The van der Waals surface area contributed by atoms with Gasteiger partial charge in [-0.25, -0.2) is 19.9 Å². The zero-order valence-corrected chi connectivity index (χ0v) is 19.2. The zero-order valence-electron chi connectivity index (χ0n) is 19.2. The fourth-order valence-corrected chi connectivity index (χ4v) is 4.42. The number of hydrogen-bond acceptors (Lipinski definition) is 6. The Morgan fingerprint density at radius 2 is 1.86 bits per heavy atom. The Bertz CT molecular complexity index is 1460. The molecular weight excluding hydrogens is 459 g/mol. The van der Waals surface area contributed by atoms with E-state index in [4.69, 9.17) is 10.7 Å². The fraction of sp³-hybridized carbons (Fsp3) is 0.292. The van der Waals surface area contributed by atoms with Crippen LogP contribution in [0.25, 0.3) is 17.2 Å². The second-order valence-corrected chi connectivity index (χ2v) is 9.14. The number of nitrogens with zero attached hydrogens (tertiary/aromatic N) is 5. The van der Waals surface area contributed by atoms with Gasteiger partial charge in [-0.2, -0.15) is 13.2 Å². The van der Waals surface area contributed by atoms with Crippen LogP contribution >= 0.6 is 0 Å². The van der Waals surface area contributed by atoms with Crippen LogP contribution in [0.4, 0.5) is 24.8 Å². The van der Waals surface area contributed by atoms with Crippen LogP contribution in [0.15, 0.2) is 42.9 Å². The molecule has 0 radical (unpaired) electrons. The zero-order chi connectivity index (χ0) is 25.1. The summed E-state index contributed by atoms with van der Waals surface area (Å²) in [7, 11) is 0. The van der Waals surface area contributed by atoms with E-state index in [9.17, 15) is 18.0 Å².